The van der Waals surface area contributed by atoms with Gasteiger partial charge in [0.2, 0.25) is 0 Å². The third kappa shape index (κ3) is 2.13. The molecule has 3 N–H and O–H groups in total. The Morgan fingerprint density at radius 1 is 1.40 bits per heavy atom. The average Bonchev–Trinajstić information content (AvgIpc) is 2.30. The van der Waals surface area contributed by atoms with Crippen LogP contribution in [0.1, 0.15) is 24.1 Å². The van der Waals surface area contributed by atoms with Gasteiger partial charge >= 0.3 is 0 Å². The lowest BCUT2D eigenvalue weighted by Gasteiger charge is -2.26. The number of phenolic OH excluding ortho intramolecular Hbond substituents is 1. The van der Waals surface area contributed by atoms with Crippen LogP contribution in [-0.4, -0.2) is 24.7 Å². The Morgan fingerprint density at radius 2 is 2.27 bits per heavy atom. The van der Waals surface area contributed by atoms with Gasteiger partial charge in [-0.15, -0.1) is 0 Å². The predicted molar refractivity (Wildman–Crippen MR) is 61.1 cm³/mol. The third-order valence-corrected chi connectivity index (χ3v) is 2.95. The number of benzene rings is 1. The topological polar surface area (TPSA) is 44.3 Å². The second-order valence-electron chi connectivity index (χ2n) is 3.92. The molecule has 3 nitrogen and oxygen atoms in total. The minimum absolute atomic E-state index is 0.241. The highest BCUT2D eigenvalue weighted by Gasteiger charge is 2.18. The smallest absolute Gasteiger partial charge is 0.123 e. The van der Waals surface area contributed by atoms with Gasteiger partial charge in [-0.05, 0) is 12.0 Å². The van der Waals surface area contributed by atoms with Crippen LogP contribution in [0.2, 0.25) is 0 Å². The molecule has 1 aliphatic heterocycles. The molecule has 0 spiro atoms. The number of nitrogens with one attached hydrogen (secondary N) is 2. The molecule has 1 aromatic carbocycles. The first-order valence-corrected chi connectivity index (χ1v) is 5.57. The van der Waals surface area contributed by atoms with E-state index in [2.05, 4.69) is 17.6 Å². The molecule has 0 aromatic heterocycles. The van der Waals surface area contributed by atoms with E-state index < -0.39 is 0 Å². The summed E-state index contributed by atoms with van der Waals surface area (Å²) in [5.41, 5.74) is 2.04. The molecule has 0 radical (unpaired) electrons. The first-order valence-electron chi connectivity index (χ1n) is 5.57. The van der Waals surface area contributed by atoms with Crippen LogP contribution in [0.4, 0.5) is 0 Å². The monoisotopic (exact) mass is 206 g/mol. The molecule has 0 saturated carbocycles. The van der Waals surface area contributed by atoms with Gasteiger partial charge in [0.05, 0.1) is 0 Å². The Balaban J connectivity index is 2.26. The largest absolute Gasteiger partial charge is 0.507 e. The van der Waals surface area contributed by atoms with Crippen LogP contribution in [0.15, 0.2) is 18.2 Å². The van der Waals surface area contributed by atoms with Crippen LogP contribution >= 0.6 is 0 Å². The summed E-state index contributed by atoms with van der Waals surface area (Å²) in [6.07, 6.45) is 0.875. The maximum atomic E-state index is 10.1. The number of piperazine rings is 1. The van der Waals surface area contributed by atoms with E-state index in [0.717, 1.165) is 37.2 Å². The Hall–Kier alpha value is -1.06. The number of para-hydroxylation sites is 1. The van der Waals surface area contributed by atoms with E-state index in [9.17, 15) is 5.11 Å². The quantitative estimate of drug-likeness (QED) is 0.681. The van der Waals surface area contributed by atoms with E-state index in [1.165, 1.54) is 0 Å². The highest BCUT2D eigenvalue weighted by Crippen LogP contribution is 2.28. The van der Waals surface area contributed by atoms with Crippen molar-refractivity contribution in [3.05, 3.63) is 29.3 Å². The van der Waals surface area contributed by atoms with Gasteiger partial charge in [0, 0.05) is 31.2 Å². The van der Waals surface area contributed by atoms with Gasteiger partial charge in [-0.1, -0.05) is 25.1 Å². The fraction of sp³-hybridized carbons (Fsp3) is 0.500. The SMILES string of the molecule is CCc1cccc([C@@H]2CNCCN2)c1O. The summed E-state index contributed by atoms with van der Waals surface area (Å²) in [5, 5.41) is 16.8. The van der Waals surface area contributed by atoms with E-state index in [0.29, 0.717) is 5.75 Å². The maximum absolute atomic E-state index is 10.1. The van der Waals surface area contributed by atoms with Gasteiger partial charge in [-0.25, -0.2) is 0 Å². The van der Waals surface area contributed by atoms with Crippen LogP contribution in [0, 0.1) is 0 Å². The van der Waals surface area contributed by atoms with Crippen LogP contribution in [0.3, 0.4) is 0 Å². The molecule has 82 valence electrons. The lowest BCUT2D eigenvalue weighted by atomic mass is 10.00. The fourth-order valence-electron chi connectivity index (χ4n) is 2.05. The number of hydrogen-bond acceptors (Lipinski definition) is 3. The van der Waals surface area contributed by atoms with Crippen molar-refractivity contribution in [3.63, 3.8) is 0 Å². The summed E-state index contributed by atoms with van der Waals surface area (Å²) in [6.45, 7) is 4.91. The second kappa shape index (κ2) is 4.64. The molecule has 2 rings (SSSR count). The standard InChI is InChI=1S/C12H18N2O/c1-2-9-4-3-5-10(12(9)15)11-8-13-6-7-14-11/h3-5,11,13-15H,2,6-8H2,1H3/t11-/m0/s1. The van der Waals surface area contributed by atoms with E-state index in [1.807, 2.05) is 18.2 Å². The Morgan fingerprint density at radius 3 is 2.93 bits per heavy atom. The lowest BCUT2D eigenvalue weighted by molar-refractivity contribution is 0.402. The van der Waals surface area contributed by atoms with Crippen molar-refractivity contribution in [1.29, 1.82) is 0 Å². The van der Waals surface area contributed by atoms with Crippen molar-refractivity contribution in [2.45, 2.75) is 19.4 Å². The molecule has 15 heavy (non-hydrogen) atoms. The molecule has 1 heterocycles. The predicted octanol–water partition coefficient (Wildman–Crippen LogP) is 1.19. The molecular formula is C12H18N2O. The molecule has 1 saturated heterocycles. The highest BCUT2D eigenvalue weighted by atomic mass is 16.3. The summed E-state index contributed by atoms with van der Waals surface area (Å²) in [7, 11) is 0. The zero-order valence-electron chi connectivity index (χ0n) is 9.09. The summed E-state index contributed by atoms with van der Waals surface area (Å²) >= 11 is 0. The normalized spacial score (nSPS) is 21.5. The summed E-state index contributed by atoms with van der Waals surface area (Å²) in [6, 6.07) is 6.24. The van der Waals surface area contributed by atoms with E-state index >= 15 is 0 Å². The Kier molecular flexibility index (Phi) is 3.23. The van der Waals surface area contributed by atoms with Crippen LogP contribution < -0.4 is 10.6 Å². The molecule has 0 aliphatic carbocycles. The summed E-state index contributed by atoms with van der Waals surface area (Å²) < 4.78 is 0. The van der Waals surface area contributed by atoms with Crippen molar-refractivity contribution < 1.29 is 5.11 Å². The summed E-state index contributed by atoms with van der Waals surface area (Å²) in [5.74, 6) is 0.459. The first kappa shape index (κ1) is 10.5. The van der Waals surface area contributed by atoms with E-state index in [1.54, 1.807) is 0 Å². The maximum Gasteiger partial charge on any atom is 0.123 e. The second-order valence-corrected chi connectivity index (χ2v) is 3.92. The van der Waals surface area contributed by atoms with Crippen molar-refractivity contribution in [2.24, 2.45) is 0 Å². The van der Waals surface area contributed by atoms with Crippen molar-refractivity contribution in [1.82, 2.24) is 10.6 Å². The first-order chi connectivity index (χ1) is 7.33. The molecule has 0 unspecified atom stereocenters. The Labute approximate surface area is 90.5 Å². The van der Waals surface area contributed by atoms with Gasteiger partial charge < -0.3 is 15.7 Å². The molecule has 0 amide bonds. The van der Waals surface area contributed by atoms with Gasteiger partial charge in [0.15, 0.2) is 0 Å². The zero-order valence-corrected chi connectivity index (χ0v) is 9.09. The fourth-order valence-corrected chi connectivity index (χ4v) is 2.05. The van der Waals surface area contributed by atoms with Gasteiger partial charge in [-0.3, -0.25) is 0 Å². The van der Waals surface area contributed by atoms with Crippen molar-refractivity contribution >= 4 is 0 Å². The third-order valence-electron chi connectivity index (χ3n) is 2.95. The lowest BCUT2D eigenvalue weighted by Crippen LogP contribution is -2.42. The van der Waals surface area contributed by atoms with Gasteiger partial charge in [0.1, 0.15) is 5.75 Å². The van der Waals surface area contributed by atoms with Crippen LogP contribution in [0.25, 0.3) is 0 Å². The minimum atomic E-state index is 0.241. The molecule has 3 heteroatoms. The van der Waals surface area contributed by atoms with E-state index in [4.69, 9.17) is 0 Å². The highest BCUT2D eigenvalue weighted by molar-refractivity contribution is 5.42. The van der Waals surface area contributed by atoms with E-state index in [-0.39, 0.29) is 6.04 Å². The molecule has 1 atom stereocenters. The molecular weight excluding hydrogens is 188 g/mol. The number of rotatable bonds is 2. The number of phenols is 1. The number of aromatic hydroxyl groups is 1. The molecule has 1 aromatic rings. The summed E-state index contributed by atoms with van der Waals surface area (Å²) in [4.78, 5) is 0. The molecule has 1 aliphatic rings. The van der Waals surface area contributed by atoms with Crippen LogP contribution in [0.5, 0.6) is 5.75 Å². The van der Waals surface area contributed by atoms with Crippen LogP contribution in [-0.2, 0) is 6.42 Å². The van der Waals surface area contributed by atoms with Gasteiger partial charge in [-0.2, -0.15) is 0 Å². The van der Waals surface area contributed by atoms with Gasteiger partial charge in [0.25, 0.3) is 0 Å². The van der Waals surface area contributed by atoms with Crippen molar-refractivity contribution in [3.8, 4) is 5.75 Å². The number of aryl methyl sites for hydroxylation is 1. The average molecular weight is 206 g/mol. The zero-order chi connectivity index (χ0) is 10.7. The molecule has 0 bridgehead atoms. The number of hydrogen-bond donors (Lipinski definition) is 3. The minimum Gasteiger partial charge on any atom is -0.507 e. The Bertz CT molecular complexity index is 332. The van der Waals surface area contributed by atoms with Crippen molar-refractivity contribution in [2.75, 3.05) is 19.6 Å². The molecule has 1 fully saturated rings.